The predicted octanol–water partition coefficient (Wildman–Crippen LogP) is 2.50. The van der Waals surface area contributed by atoms with Gasteiger partial charge in [-0.3, -0.25) is 4.79 Å². The number of hydrogen-bond acceptors (Lipinski definition) is 3. The van der Waals surface area contributed by atoms with Crippen LogP contribution in [-0.2, 0) is 0 Å². The molecule has 0 saturated heterocycles. The van der Waals surface area contributed by atoms with Gasteiger partial charge >= 0.3 is 0 Å². The first kappa shape index (κ1) is 13.8. The van der Waals surface area contributed by atoms with E-state index in [1.54, 1.807) is 0 Å². The standard InChI is InChI=1S/C14H20FN3O/c1-14(6-3-2-4-7-14)9-18-13(19)10-5-8-17-12(16)11(10)15/h5,8H,2-4,6-7,9H2,1H3,(H2,16,17)(H,18,19). The average molecular weight is 265 g/mol. The maximum Gasteiger partial charge on any atom is 0.254 e. The molecule has 1 fully saturated rings. The van der Waals surface area contributed by atoms with Gasteiger partial charge in [0, 0.05) is 12.7 Å². The fourth-order valence-electron chi connectivity index (χ4n) is 2.61. The average Bonchev–Trinajstić information content (AvgIpc) is 2.40. The zero-order valence-corrected chi connectivity index (χ0v) is 11.2. The van der Waals surface area contributed by atoms with Crippen LogP contribution < -0.4 is 11.1 Å². The minimum Gasteiger partial charge on any atom is -0.381 e. The molecule has 19 heavy (non-hydrogen) atoms. The number of anilines is 1. The van der Waals surface area contributed by atoms with E-state index in [1.165, 1.54) is 31.5 Å². The van der Waals surface area contributed by atoms with Crippen LogP contribution in [0.1, 0.15) is 49.4 Å². The zero-order valence-electron chi connectivity index (χ0n) is 11.2. The van der Waals surface area contributed by atoms with Crippen LogP contribution in [-0.4, -0.2) is 17.4 Å². The SMILES string of the molecule is CC1(CNC(=O)c2ccnc(N)c2F)CCCCC1. The molecule has 0 spiro atoms. The van der Waals surface area contributed by atoms with E-state index in [0.717, 1.165) is 12.8 Å². The Morgan fingerprint density at radius 2 is 2.16 bits per heavy atom. The minimum atomic E-state index is -0.742. The first-order valence-electron chi connectivity index (χ1n) is 6.70. The fourth-order valence-corrected chi connectivity index (χ4v) is 2.61. The van der Waals surface area contributed by atoms with E-state index in [-0.39, 0.29) is 16.8 Å². The van der Waals surface area contributed by atoms with Gasteiger partial charge in [0.2, 0.25) is 0 Å². The van der Waals surface area contributed by atoms with Crippen molar-refractivity contribution in [1.29, 1.82) is 0 Å². The maximum absolute atomic E-state index is 13.7. The first-order valence-corrected chi connectivity index (χ1v) is 6.70. The Balaban J connectivity index is 1.99. The van der Waals surface area contributed by atoms with Crippen LogP contribution in [0.3, 0.4) is 0 Å². The lowest BCUT2D eigenvalue weighted by molar-refractivity contribution is 0.0915. The Hall–Kier alpha value is -1.65. The summed E-state index contributed by atoms with van der Waals surface area (Å²) in [7, 11) is 0. The number of carbonyl (C=O) groups excluding carboxylic acids is 1. The third-order valence-corrected chi connectivity index (χ3v) is 3.90. The van der Waals surface area contributed by atoms with Crippen LogP contribution in [0.25, 0.3) is 0 Å². The summed E-state index contributed by atoms with van der Waals surface area (Å²) in [5, 5.41) is 2.81. The van der Waals surface area contributed by atoms with Crippen LogP contribution in [0.4, 0.5) is 10.2 Å². The van der Waals surface area contributed by atoms with E-state index in [1.807, 2.05) is 0 Å². The van der Waals surface area contributed by atoms with Gasteiger partial charge in [-0.15, -0.1) is 0 Å². The third kappa shape index (κ3) is 3.22. The highest BCUT2D eigenvalue weighted by Gasteiger charge is 2.27. The number of nitrogens with two attached hydrogens (primary N) is 1. The third-order valence-electron chi connectivity index (χ3n) is 3.90. The second kappa shape index (κ2) is 5.55. The Kier molecular flexibility index (Phi) is 4.02. The molecule has 0 aromatic carbocycles. The molecule has 1 saturated carbocycles. The summed E-state index contributed by atoms with van der Waals surface area (Å²) in [4.78, 5) is 15.6. The second-order valence-corrected chi connectivity index (χ2v) is 5.61. The number of carbonyl (C=O) groups is 1. The van der Waals surface area contributed by atoms with Crippen molar-refractivity contribution < 1.29 is 9.18 Å². The maximum atomic E-state index is 13.7. The molecule has 0 radical (unpaired) electrons. The molecule has 5 heteroatoms. The summed E-state index contributed by atoms with van der Waals surface area (Å²) in [5.41, 5.74) is 5.45. The van der Waals surface area contributed by atoms with E-state index >= 15 is 0 Å². The molecule has 4 nitrogen and oxygen atoms in total. The monoisotopic (exact) mass is 265 g/mol. The van der Waals surface area contributed by atoms with Crippen LogP contribution in [0.15, 0.2) is 12.3 Å². The number of nitrogen functional groups attached to an aromatic ring is 1. The summed E-state index contributed by atoms with van der Waals surface area (Å²) < 4.78 is 13.7. The summed E-state index contributed by atoms with van der Waals surface area (Å²) >= 11 is 0. The molecular weight excluding hydrogens is 245 g/mol. The lowest BCUT2D eigenvalue weighted by Crippen LogP contribution is -2.37. The van der Waals surface area contributed by atoms with E-state index in [9.17, 15) is 9.18 Å². The normalized spacial score (nSPS) is 18.0. The van der Waals surface area contributed by atoms with Crippen molar-refractivity contribution in [2.75, 3.05) is 12.3 Å². The highest BCUT2D eigenvalue weighted by Crippen LogP contribution is 2.34. The van der Waals surface area contributed by atoms with E-state index < -0.39 is 11.7 Å². The van der Waals surface area contributed by atoms with Crippen LogP contribution in [0.2, 0.25) is 0 Å². The zero-order chi connectivity index (χ0) is 13.9. The highest BCUT2D eigenvalue weighted by atomic mass is 19.1. The fraction of sp³-hybridized carbons (Fsp3) is 0.571. The summed E-state index contributed by atoms with van der Waals surface area (Å²) in [6.07, 6.45) is 7.21. The van der Waals surface area contributed by atoms with E-state index in [4.69, 9.17) is 5.73 Å². The van der Waals surface area contributed by atoms with Crippen molar-refractivity contribution >= 4 is 11.7 Å². The van der Waals surface area contributed by atoms with Crippen molar-refractivity contribution in [1.82, 2.24) is 10.3 Å². The van der Waals surface area contributed by atoms with E-state index in [0.29, 0.717) is 6.54 Å². The number of aromatic nitrogens is 1. The summed E-state index contributed by atoms with van der Waals surface area (Å²) in [6, 6.07) is 1.35. The molecule has 2 rings (SSSR count). The quantitative estimate of drug-likeness (QED) is 0.882. The lowest BCUT2D eigenvalue weighted by Gasteiger charge is -2.33. The number of pyridine rings is 1. The first-order chi connectivity index (χ1) is 9.02. The second-order valence-electron chi connectivity index (χ2n) is 5.61. The van der Waals surface area contributed by atoms with Gasteiger partial charge in [0.25, 0.3) is 5.91 Å². The smallest absolute Gasteiger partial charge is 0.254 e. The molecule has 1 heterocycles. The molecule has 0 bridgehead atoms. The Morgan fingerprint density at radius 3 is 2.84 bits per heavy atom. The molecule has 1 aliphatic carbocycles. The number of halogens is 1. The van der Waals surface area contributed by atoms with Gasteiger partial charge in [0.15, 0.2) is 11.6 Å². The Bertz CT molecular complexity index is 470. The van der Waals surface area contributed by atoms with Gasteiger partial charge < -0.3 is 11.1 Å². The summed E-state index contributed by atoms with van der Waals surface area (Å²) in [5.74, 6) is -1.40. The molecule has 0 unspecified atom stereocenters. The lowest BCUT2D eigenvalue weighted by atomic mass is 9.76. The molecule has 0 atom stereocenters. The predicted molar refractivity (Wildman–Crippen MR) is 72.1 cm³/mol. The van der Waals surface area contributed by atoms with Crippen LogP contribution in [0.5, 0.6) is 0 Å². The largest absolute Gasteiger partial charge is 0.381 e. The molecule has 1 aromatic heterocycles. The van der Waals surface area contributed by atoms with Crippen molar-refractivity contribution in [2.45, 2.75) is 39.0 Å². The van der Waals surface area contributed by atoms with Crippen molar-refractivity contribution in [3.05, 3.63) is 23.6 Å². The highest BCUT2D eigenvalue weighted by molar-refractivity contribution is 5.95. The van der Waals surface area contributed by atoms with Gasteiger partial charge in [-0.2, -0.15) is 0 Å². The minimum absolute atomic E-state index is 0.0353. The van der Waals surface area contributed by atoms with Crippen LogP contribution >= 0.6 is 0 Å². The molecular formula is C14H20FN3O. The number of hydrogen-bond donors (Lipinski definition) is 2. The van der Waals surface area contributed by atoms with Gasteiger partial charge in [-0.25, -0.2) is 9.37 Å². The number of nitrogens with zero attached hydrogens (tertiary/aromatic N) is 1. The molecule has 1 amide bonds. The number of amides is 1. The molecule has 3 N–H and O–H groups in total. The number of rotatable bonds is 3. The van der Waals surface area contributed by atoms with Crippen molar-refractivity contribution in [3.63, 3.8) is 0 Å². The summed E-state index contributed by atoms with van der Waals surface area (Å²) in [6.45, 7) is 2.75. The molecule has 0 aliphatic heterocycles. The Labute approximate surface area is 112 Å². The van der Waals surface area contributed by atoms with Gasteiger partial charge in [-0.1, -0.05) is 26.2 Å². The molecule has 1 aromatic rings. The molecule has 1 aliphatic rings. The van der Waals surface area contributed by atoms with Gasteiger partial charge in [0.1, 0.15) is 0 Å². The van der Waals surface area contributed by atoms with Gasteiger partial charge in [-0.05, 0) is 24.3 Å². The number of nitrogens with one attached hydrogen (secondary N) is 1. The topological polar surface area (TPSA) is 68.0 Å². The van der Waals surface area contributed by atoms with Crippen molar-refractivity contribution in [3.8, 4) is 0 Å². The molecule has 104 valence electrons. The van der Waals surface area contributed by atoms with Crippen molar-refractivity contribution in [2.24, 2.45) is 5.41 Å². The van der Waals surface area contributed by atoms with Crippen LogP contribution in [0, 0.1) is 11.2 Å². The Morgan fingerprint density at radius 1 is 1.47 bits per heavy atom. The van der Waals surface area contributed by atoms with Gasteiger partial charge in [0.05, 0.1) is 5.56 Å². The van der Waals surface area contributed by atoms with E-state index in [2.05, 4.69) is 17.2 Å².